The summed E-state index contributed by atoms with van der Waals surface area (Å²) in [5.41, 5.74) is 0. The lowest BCUT2D eigenvalue weighted by Gasteiger charge is -2.17. The van der Waals surface area contributed by atoms with Crippen LogP contribution in [-0.2, 0) is 0 Å². The molecule has 0 saturated heterocycles. The zero-order valence-corrected chi connectivity index (χ0v) is 9.28. The lowest BCUT2D eigenvalue weighted by Crippen LogP contribution is -2.25. The van der Waals surface area contributed by atoms with Gasteiger partial charge in [-0.15, -0.1) is 0 Å². The van der Waals surface area contributed by atoms with Crippen LogP contribution in [0.5, 0.6) is 0 Å². The number of hydrogen-bond acceptors (Lipinski definition) is 1. The predicted molar refractivity (Wildman–Crippen MR) is 51.5 cm³/mol. The summed E-state index contributed by atoms with van der Waals surface area (Å²) < 4.78 is 0. The van der Waals surface area contributed by atoms with Crippen molar-refractivity contribution in [3.05, 3.63) is 0 Å². The topological polar surface area (TPSA) is 3.24 Å². The normalized spacial score (nSPS) is 11.4. The maximum atomic E-state index is 5.71. The van der Waals surface area contributed by atoms with E-state index < -0.39 is 7.42 Å². The zero-order valence-electron chi connectivity index (χ0n) is 6.61. The Hall–Kier alpha value is 0.757. The molecule has 0 rings (SSSR count). The first-order valence-corrected chi connectivity index (χ1v) is 8.02. The minimum absolute atomic E-state index is 1.00. The Labute approximate surface area is 74.3 Å². The van der Waals surface area contributed by atoms with Crippen molar-refractivity contribution in [2.45, 2.75) is 19.9 Å². The lowest BCUT2D eigenvalue weighted by atomic mass is 10.5. The van der Waals surface area contributed by atoms with Crippen molar-refractivity contribution in [3.8, 4) is 0 Å². The molecule has 1 nitrogen and oxygen atoms in total. The highest BCUT2D eigenvalue weighted by Gasteiger charge is 2.04. The van der Waals surface area contributed by atoms with Gasteiger partial charge >= 0.3 is 0 Å². The van der Waals surface area contributed by atoms with Crippen LogP contribution in [0.15, 0.2) is 0 Å². The van der Waals surface area contributed by atoms with Crippen LogP contribution < -0.4 is 0 Å². The second-order valence-corrected chi connectivity index (χ2v) is 7.40. The third-order valence-corrected chi connectivity index (χ3v) is 3.56. The van der Waals surface area contributed by atoms with Crippen molar-refractivity contribution in [3.63, 3.8) is 0 Å². The molecule has 0 saturated carbocycles. The Morgan fingerprint density at radius 1 is 1.20 bits per heavy atom. The first-order chi connectivity index (χ1) is 4.70. The first-order valence-electron chi connectivity index (χ1n) is 3.71. The Kier molecular flexibility index (Phi) is 6.96. The molecule has 0 amide bonds. The monoisotopic (exact) mass is 199 g/mol. The Balaban J connectivity index is 3.26. The summed E-state index contributed by atoms with van der Waals surface area (Å²) in [7, 11) is -1.35. The summed E-state index contributed by atoms with van der Waals surface area (Å²) in [6, 6.07) is 1.00. The molecule has 0 heterocycles. The first kappa shape index (κ1) is 10.8. The van der Waals surface area contributed by atoms with Crippen LogP contribution in [0, 0.1) is 0 Å². The van der Waals surface area contributed by atoms with Gasteiger partial charge in [0.2, 0.25) is 7.42 Å². The van der Waals surface area contributed by atoms with Crippen molar-refractivity contribution in [1.29, 1.82) is 0 Å². The van der Waals surface area contributed by atoms with E-state index in [-0.39, 0.29) is 0 Å². The minimum Gasteiger partial charge on any atom is -0.304 e. The van der Waals surface area contributed by atoms with E-state index in [2.05, 4.69) is 18.7 Å². The standard InChI is InChI=1S/C6H15Cl2NSi/c1-3-9(4-2)5-6-10(7)8/h10H,3-6H2,1-2H3. The van der Waals surface area contributed by atoms with Gasteiger partial charge in [-0.2, -0.15) is 22.2 Å². The Morgan fingerprint density at radius 2 is 1.70 bits per heavy atom. The van der Waals surface area contributed by atoms with E-state index in [4.69, 9.17) is 22.2 Å². The quantitative estimate of drug-likeness (QED) is 0.485. The van der Waals surface area contributed by atoms with Crippen LogP contribution in [0.25, 0.3) is 0 Å². The number of halogens is 2. The average Bonchev–Trinajstić information content (AvgIpc) is 1.90. The molecule has 0 aromatic rings. The molecular formula is C6H15Cl2NSi. The van der Waals surface area contributed by atoms with Gasteiger partial charge in [0.05, 0.1) is 0 Å². The second-order valence-electron chi connectivity index (χ2n) is 2.21. The molecular weight excluding hydrogens is 185 g/mol. The fourth-order valence-corrected chi connectivity index (χ4v) is 1.97. The van der Waals surface area contributed by atoms with E-state index in [0.29, 0.717) is 0 Å². The average molecular weight is 200 g/mol. The summed E-state index contributed by atoms with van der Waals surface area (Å²) in [5, 5.41) is 0. The molecule has 0 N–H and O–H groups in total. The fraction of sp³-hybridized carbons (Fsp3) is 1.00. The summed E-state index contributed by atoms with van der Waals surface area (Å²) >= 11 is 11.4. The minimum atomic E-state index is -1.35. The van der Waals surface area contributed by atoms with Crippen molar-refractivity contribution < 1.29 is 0 Å². The van der Waals surface area contributed by atoms with Gasteiger partial charge in [0.25, 0.3) is 0 Å². The number of hydrogen-bond donors (Lipinski definition) is 0. The van der Waals surface area contributed by atoms with Gasteiger partial charge in [-0.05, 0) is 25.7 Å². The smallest absolute Gasteiger partial charge is 0.238 e. The molecule has 0 aliphatic heterocycles. The van der Waals surface area contributed by atoms with Gasteiger partial charge in [0.1, 0.15) is 0 Å². The van der Waals surface area contributed by atoms with Gasteiger partial charge in [0.15, 0.2) is 0 Å². The van der Waals surface area contributed by atoms with Gasteiger partial charge in [-0.1, -0.05) is 13.8 Å². The molecule has 0 unspecified atom stereocenters. The highest BCUT2D eigenvalue weighted by Crippen LogP contribution is 2.03. The molecule has 62 valence electrons. The number of rotatable bonds is 5. The summed E-state index contributed by atoms with van der Waals surface area (Å²) in [6.07, 6.45) is 0. The van der Waals surface area contributed by atoms with E-state index in [9.17, 15) is 0 Å². The number of nitrogens with zero attached hydrogens (tertiary/aromatic N) is 1. The molecule has 4 heteroatoms. The molecule has 0 spiro atoms. The highest BCUT2D eigenvalue weighted by atomic mass is 35.7. The van der Waals surface area contributed by atoms with Crippen LogP contribution in [-0.4, -0.2) is 32.0 Å². The van der Waals surface area contributed by atoms with Crippen LogP contribution in [0.1, 0.15) is 13.8 Å². The molecule has 0 bridgehead atoms. The molecule has 0 fully saturated rings. The maximum absolute atomic E-state index is 5.71. The van der Waals surface area contributed by atoms with Crippen LogP contribution >= 0.6 is 22.2 Å². The molecule has 0 aliphatic carbocycles. The lowest BCUT2D eigenvalue weighted by molar-refractivity contribution is 0.321. The van der Waals surface area contributed by atoms with E-state index in [1.165, 1.54) is 0 Å². The van der Waals surface area contributed by atoms with E-state index in [1.807, 2.05) is 0 Å². The van der Waals surface area contributed by atoms with Gasteiger partial charge < -0.3 is 4.90 Å². The maximum Gasteiger partial charge on any atom is 0.238 e. The predicted octanol–water partition coefficient (Wildman–Crippen LogP) is 2.03. The van der Waals surface area contributed by atoms with Crippen LogP contribution in [0.2, 0.25) is 6.04 Å². The fourth-order valence-electron chi connectivity index (χ4n) is 0.820. The summed E-state index contributed by atoms with van der Waals surface area (Å²) in [4.78, 5) is 2.34. The second kappa shape index (κ2) is 6.47. The molecule has 0 aliphatic rings. The van der Waals surface area contributed by atoms with Crippen molar-refractivity contribution >= 4 is 29.6 Å². The Bertz CT molecular complexity index is 76.1. The SMILES string of the molecule is CCN(CC)CC[SiH](Cl)Cl. The third-order valence-electron chi connectivity index (χ3n) is 1.56. The largest absolute Gasteiger partial charge is 0.304 e. The Morgan fingerprint density at radius 3 is 2.00 bits per heavy atom. The molecule has 0 aromatic heterocycles. The zero-order chi connectivity index (χ0) is 7.98. The van der Waals surface area contributed by atoms with Gasteiger partial charge in [0, 0.05) is 0 Å². The molecule has 0 radical (unpaired) electrons. The molecule has 0 atom stereocenters. The van der Waals surface area contributed by atoms with E-state index in [0.717, 1.165) is 25.7 Å². The van der Waals surface area contributed by atoms with E-state index in [1.54, 1.807) is 0 Å². The van der Waals surface area contributed by atoms with Crippen LogP contribution in [0.4, 0.5) is 0 Å². The van der Waals surface area contributed by atoms with Crippen molar-refractivity contribution in [1.82, 2.24) is 4.90 Å². The van der Waals surface area contributed by atoms with Gasteiger partial charge in [-0.3, -0.25) is 0 Å². The summed E-state index contributed by atoms with van der Waals surface area (Å²) in [6.45, 7) is 7.58. The summed E-state index contributed by atoms with van der Waals surface area (Å²) in [5.74, 6) is 0. The van der Waals surface area contributed by atoms with E-state index >= 15 is 0 Å². The molecule has 10 heavy (non-hydrogen) atoms. The van der Waals surface area contributed by atoms with Crippen molar-refractivity contribution in [2.75, 3.05) is 19.6 Å². The van der Waals surface area contributed by atoms with Crippen LogP contribution in [0.3, 0.4) is 0 Å². The highest BCUT2D eigenvalue weighted by molar-refractivity contribution is 7.33. The van der Waals surface area contributed by atoms with Crippen molar-refractivity contribution in [2.24, 2.45) is 0 Å². The van der Waals surface area contributed by atoms with Gasteiger partial charge in [-0.25, -0.2) is 0 Å². The molecule has 0 aromatic carbocycles. The third kappa shape index (κ3) is 5.53.